The normalized spacial score (nSPS) is 10.5. The van der Waals surface area contributed by atoms with E-state index in [1.165, 1.54) is 6.33 Å². The van der Waals surface area contributed by atoms with Crippen LogP contribution < -0.4 is 5.32 Å². The summed E-state index contributed by atoms with van der Waals surface area (Å²) >= 11 is 0. The first-order valence-corrected chi connectivity index (χ1v) is 5.44. The number of imidazole rings is 1. The number of aryl methyl sites for hydroxylation is 2. The van der Waals surface area contributed by atoms with E-state index in [1.54, 1.807) is 19.4 Å². The van der Waals surface area contributed by atoms with Gasteiger partial charge in [0.2, 0.25) is 0 Å². The summed E-state index contributed by atoms with van der Waals surface area (Å²) in [6.07, 6.45) is 7.63. The van der Waals surface area contributed by atoms with Gasteiger partial charge in [0, 0.05) is 25.5 Å². The highest BCUT2D eigenvalue weighted by atomic mass is 19.1. The van der Waals surface area contributed by atoms with Crippen LogP contribution in [0.3, 0.4) is 0 Å². The second kappa shape index (κ2) is 5.38. The molecule has 2 rings (SSSR count). The van der Waals surface area contributed by atoms with Gasteiger partial charge in [-0.2, -0.15) is 0 Å². The third-order valence-electron chi connectivity index (χ3n) is 2.41. The van der Waals surface area contributed by atoms with Gasteiger partial charge in [-0.1, -0.05) is 0 Å². The average Bonchev–Trinajstić information content (AvgIpc) is 2.83. The van der Waals surface area contributed by atoms with Crippen LogP contribution in [0.4, 0.5) is 10.2 Å². The van der Waals surface area contributed by atoms with Crippen LogP contribution in [0.15, 0.2) is 25.0 Å². The molecule has 0 atom stereocenters. The predicted molar refractivity (Wildman–Crippen MR) is 62.1 cm³/mol. The first-order chi connectivity index (χ1) is 8.27. The van der Waals surface area contributed by atoms with E-state index in [2.05, 4.69) is 20.3 Å². The van der Waals surface area contributed by atoms with Crippen LogP contribution in [-0.2, 0) is 6.54 Å². The fourth-order valence-electron chi connectivity index (χ4n) is 1.47. The lowest BCUT2D eigenvalue weighted by Gasteiger charge is -2.07. The molecule has 5 nitrogen and oxygen atoms in total. The minimum atomic E-state index is -0.380. The van der Waals surface area contributed by atoms with Gasteiger partial charge in [-0.3, -0.25) is 0 Å². The first-order valence-electron chi connectivity index (χ1n) is 5.44. The fourth-order valence-corrected chi connectivity index (χ4v) is 1.47. The molecule has 0 radical (unpaired) electrons. The number of anilines is 1. The third kappa shape index (κ3) is 2.99. The molecule has 17 heavy (non-hydrogen) atoms. The Morgan fingerprint density at radius 2 is 2.29 bits per heavy atom. The molecule has 0 fully saturated rings. The van der Waals surface area contributed by atoms with Crippen molar-refractivity contribution in [3.8, 4) is 0 Å². The highest BCUT2D eigenvalue weighted by molar-refractivity contribution is 5.36. The molecule has 0 aromatic carbocycles. The summed E-state index contributed by atoms with van der Waals surface area (Å²) in [5.74, 6) is -0.113. The van der Waals surface area contributed by atoms with Gasteiger partial charge >= 0.3 is 0 Å². The Bertz CT molecular complexity index is 469. The summed E-state index contributed by atoms with van der Waals surface area (Å²) in [6.45, 7) is 3.12. The van der Waals surface area contributed by atoms with Gasteiger partial charge in [-0.25, -0.2) is 19.3 Å². The van der Waals surface area contributed by atoms with E-state index in [1.807, 2.05) is 10.8 Å². The smallest absolute Gasteiger partial charge is 0.186 e. The number of rotatable bonds is 5. The zero-order valence-electron chi connectivity index (χ0n) is 9.60. The van der Waals surface area contributed by atoms with Gasteiger partial charge in [-0.05, 0) is 13.3 Å². The van der Waals surface area contributed by atoms with E-state index in [-0.39, 0.29) is 11.6 Å². The Labute approximate surface area is 98.7 Å². The number of nitrogens with zero attached hydrogens (tertiary/aromatic N) is 4. The Kier molecular flexibility index (Phi) is 3.64. The number of nitrogens with one attached hydrogen (secondary N) is 1. The van der Waals surface area contributed by atoms with Crippen molar-refractivity contribution in [1.29, 1.82) is 0 Å². The minimum Gasteiger partial charge on any atom is -0.367 e. The maximum Gasteiger partial charge on any atom is 0.186 e. The van der Waals surface area contributed by atoms with Gasteiger partial charge < -0.3 is 9.88 Å². The predicted octanol–water partition coefficient (Wildman–Crippen LogP) is 1.62. The standard InChI is InChI=1S/C11H14FN5/c1-9-10(12)11(16-7-15-9)14-3-2-5-17-6-4-13-8-17/h4,6-8H,2-3,5H2,1H3,(H,14,15,16). The van der Waals surface area contributed by atoms with E-state index in [4.69, 9.17) is 0 Å². The van der Waals surface area contributed by atoms with Crippen molar-refractivity contribution in [1.82, 2.24) is 19.5 Å². The molecular formula is C11H14FN5. The fraction of sp³-hybridized carbons (Fsp3) is 0.364. The van der Waals surface area contributed by atoms with Crippen LogP contribution in [0.5, 0.6) is 0 Å². The molecule has 2 aromatic heterocycles. The number of hydrogen-bond donors (Lipinski definition) is 1. The average molecular weight is 235 g/mol. The summed E-state index contributed by atoms with van der Waals surface area (Å²) in [6, 6.07) is 0. The molecule has 0 saturated carbocycles. The lowest BCUT2D eigenvalue weighted by atomic mass is 10.3. The molecule has 2 aromatic rings. The molecule has 6 heteroatoms. The van der Waals surface area contributed by atoms with Crippen LogP contribution in [0.25, 0.3) is 0 Å². The molecule has 0 spiro atoms. The molecular weight excluding hydrogens is 221 g/mol. The second-order valence-corrected chi connectivity index (χ2v) is 3.70. The maximum atomic E-state index is 13.5. The molecule has 2 heterocycles. The van der Waals surface area contributed by atoms with Crippen LogP contribution in [0.1, 0.15) is 12.1 Å². The zero-order valence-corrected chi connectivity index (χ0v) is 9.60. The van der Waals surface area contributed by atoms with Crippen molar-refractivity contribution in [2.75, 3.05) is 11.9 Å². The maximum absolute atomic E-state index is 13.5. The Morgan fingerprint density at radius 1 is 1.41 bits per heavy atom. The molecule has 0 bridgehead atoms. The van der Waals surface area contributed by atoms with E-state index in [0.717, 1.165) is 13.0 Å². The topological polar surface area (TPSA) is 55.6 Å². The largest absolute Gasteiger partial charge is 0.367 e. The van der Waals surface area contributed by atoms with Crippen molar-refractivity contribution in [3.05, 3.63) is 36.6 Å². The minimum absolute atomic E-state index is 0.267. The Balaban J connectivity index is 1.80. The first kappa shape index (κ1) is 11.5. The Morgan fingerprint density at radius 3 is 3.06 bits per heavy atom. The second-order valence-electron chi connectivity index (χ2n) is 3.70. The Hall–Kier alpha value is -1.98. The van der Waals surface area contributed by atoms with Crippen molar-refractivity contribution in [2.24, 2.45) is 0 Å². The van der Waals surface area contributed by atoms with Gasteiger partial charge in [-0.15, -0.1) is 0 Å². The van der Waals surface area contributed by atoms with Gasteiger partial charge in [0.05, 0.1) is 12.0 Å². The van der Waals surface area contributed by atoms with Crippen LogP contribution in [0, 0.1) is 12.7 Å². The van der Waals surface area contributed by atoms with Gasteiger partial charge in [0.1, 0.15) is 6.33 Å². The number of aromatic nitrogens is 4. The van der Waals surface area contributed by atoms with Crippen molar-refractivity contribution in [2.45, 2.75) is 19.9 Å². The van der Waals surface area contributed by atoms with Crippen LogP contribution >= 0.6 is 0 Å². The van der Waals surface area contributed by atoms with E-state index < -0.39 is 0 Å². The quantitative estimate of drug-likeness (QED) is 0.800. The summed E-state index contributed by atoms with van der Waals surface area (Å²) in [5, 5.41) is 2.96. The molecule has 0 unspecified atom stereocenters. The summed E-state index contributed by atoms with van der Waals surface area (Å²) in [5.41, 5.74) is 0.358. The number of halogens is 1. The highest BCUT2D eigenvalue weighted by Gasteiger charge is 2.05. The molecule has 1 N–H and O–H groups in total. The third-order valence-corrected chi connectivity index (χ3v) is 2.41. The molecule has 0 amide bonds. The lowest BCUT2D eigenvalue weighted by Crippen LogP contribution is -2.09. The molecule has 0 aliphatic carbocycles. The molecule has 0 saturated heterocycles. The SMILES string of the molecule is Cc1ncnc(NCCCn2ccnc2)c1F. The van der Waals surface area contributed by atoms with E-state index in [9.17, 15) is 4.39 Å². The van der Waals surface area contributed by atoms with Crippen molar-refractivity contribution >= 4 is 5.82 Å². The number of hydrogen-bond acceptors (Lipinski definition) is 4. The van der Waals surface area contributed by atoms with Crippen molar-refractivity contribution < 1.29 is 4.39 Å². The summed E-state index contributed by atoms with van der Waals surface area (Å²) in [7, 11) is 0. The van der Waals surface area contributed by atoms with Crippen LogP contribution in [0.2, 0.25) is 0 Å². The molecule has 0 aliphatic heterocycles. The highest BCUT2D eigenvalue weighted by Crippen LogP contribution is 2.11. The zero-order chi connectivity index (χ0) is 12.1. The van der Waals surface area contributed by atoms with E-state index >= 15 is 0 Å². The molecule has 0 aliphatic rings. The van der Waals surface area contributed by atoms with E-state index in [0.29, 0.717) is 12.2 Å². The van der Waals surface area contributed by atoms with Crippen LogP contribution in [-0.4, -0.2) is 26.1 Å². The summed E-state index contributed by atoms with van der Waals surface area (Å²) < 4.78 is 15.5. The monoisotopic (exact) mass is 235 g/mol. The summed E-state index contributed by atoms with van der Waals surface area (Å²) in [4.78, 5) is 11.6. The van der Waals surface area contributed by atoms with Gasteiger partial charge in [0.15, 0.2) is 11.6 Å². The van der Waals surface area contributed by atoms with Crippen molar-refractivity contribution in [3.63, 3.8) is 0 Å². The van der Waals surface area contributed by atoms with Gasteiger partial charge in [0.25, 0.3) is 0 Å². The molecule has 90 valence electrons. The lowest BCUT2D eigenvalue weighted by molar-refractivity contribution is 0.601.